The molecule has 2 aromatic rings. The predicted octanol–water partition coefficient (Wildman–Crippen LogP) is 2.75. The minimum absolute atomic E-state index is 0. The Balaban J connectivity index is 0.00000242. The fourth-order valence-electron chi connectivity index (χ4n) is 2.39. The molecule has 0 heterocycles. The standard InChI is InChI=1S/C17H24N2O2.2ClH/c1-13(20)11-18-9-10-19-12-16-15-6-4-3-5-14(15)7-8-17(16)21-2;;/h3-8,13,18-20H,9-12H2,1-2H3;2*1H. The number of hydrogen-bond donors (Lipinski definition) is 3. The van der Waals surface area contributed by atoms with E-state index in [0.717, 1.165) is 25.4 Å². The lowest BCUT2D eigenvalue weighted by molar-refractivity contribution is 0.191. The Morgan fingerprint density at radius 2 is 1.74 bits per heavy atom. The molecule has 0 aliphatic rings. The Hall–Kier alpha value is -1.04. The molecule has 2 aromatic carbocycles. The highest BCUT2D eigenvalue weighted by Gasteiger charge is 2.07. The summed E-state index contributed by atoms with van der Waals surface area (Å²) < 4.78 is 5.47. The molecule has 6 heteroatoms. The van der Waals surface area contributed by atoms with Crippen LogP contribution in [-0.4, -0.2) is 38.0 Å². The zero-order valence-corrected chi connectivity index (χ0v) is 15.2. The topological polar surface area (TPSA) is 53.5 Å². The Morgan fingerprint density at radius 1 is 1.04 bits per heavy atom. The first kappa shape index (κ1) is 22.0. The number of fused-ring (bicyclic) bond motifs is 1. The Bertz CT molecular complexity index is 580. The van der Waals surface area contributed by atoms with Crippen LogP contribution in [0.15, 0.2) is 36.4 Å². The first-order chi connectivity index (χ1) is 10.2. The highest BCUT2D eigenvalue weighted by molar-refractivity contribution is 5.87. The largest absolute Gasteiger partial charge is 0.496 e. The lowest BCUT2D eigenvalue weighted by Gasteiger charge is -2.13. The smallest absolute Gasteiger partial charge is 0.123 e. The second-order valence-electron chi connectivity index (χ2n) is 5.20. The van der Waals surface area contributed by atoms with Crippen molar-refractivity contribution in [3.05, 3.63) is 42.0 Å². The third-order valence-electron chi connectivity index (χ3n) is 3.44. The molecule has 3 N–H and O–H groups in total. The van der Waals surface area contributed by atoms with Gasteiger partial charge in [0, 0.05) is 31.7 Å². The number of rotatable bonds is 8. The van der Waals surface area contributed by atoms with E-state index in [1.165, 1.54) is 16.3 Å². The molecule has 4 nitrogen and oxygen atoms in total. The van der Waals surface area contributed by atoms with E-state index in [9.17, 15) is 5.11 Å². The number of aliphatic hydroxyl groups excluding tert-OH is 1. The lowest BCUT2D eigenvalue weighted by Crippen LogP contribution is -2.31. The van der Waals surface area contributed by atoms with Gasteiger partial charge in [-0.05, 0) is 23.8 Å². The average molecular weight is 361 g/mol. The summed E-state index contributed by atoms with van der Waals surface area (Å²) in [7, 11) is 1.71. The van der Waals surface area contributed by atoms with Crippen LogP contribution in [0.2, 0.25) is 0 Å². The Morgan fingerprint density at radius 3 is 2.43 bits per heavy atom. The second kappa shape index (κ2) is 11.5. The van der Waals surface area contributed by atoms with E-state index in [1.54, 1.807) is 14.0 Å². The summed E-state index contributed by atoms with van der Waals surface area (Å²) in [5.41, 5.74) is 1.19. The number of halogens is 2. The maximum atomic E-state index is 9.17. The molecule has 0 saturated heterocycles. The van der Waals surface area contributed by atoms with E-state index in [-0.39, 0.29) is 30.9 Å². The van der Waals surface area contributed by atoms with Crippen molar-refractivity contribution >= 4 is 35.6 Å². The first-order valence-electron chi connectivity index (χ1n) is 7.36. The SMILES string of the molecule is COc1ccc2ccccc2c1CNCCNCC(C)O.Cl.Cl. The van der Waals surface area contributed by atoms with E-state index in [0.29, 0.717) is 6.54 Å². The fourth-order valence-corrected chi connectivity index (χ4v) is 2.39. The number of hydrogen-bond acceptors (Lipinski definition) is 4. The molecule has 0 aromatic heterocycles. The number of ether oxygens (including phenoxy) is 1. The molecule has 1 atom stereocenters. The van der Waals surface area contributed by atoms with Crippen LogP contribution in [-0.2, 0) is 6.54 Å². The van der Waals surface area contributed by atoms with Crippen LogP contribution in [0.25, 0.3) is 10.8 Å². The van der Waals surface area contributed by atoms with E-state index >= 15 is 0 Å². The van der Waals surface area contributed by atoms with Gasteiger partial charge in [-0.25, -0.2) is 0 Å². The molecule has 23 heavy (non-hydrogen) atoms. The minimum Gasteiger partial charge on any atom is -0.496 e. The molecule has 0 spiro atoms. The normalized spacial score (nSPS) is 11.4. The van der Waals surface area contributed by atoms with Crippen LogP contribution < -0.4 is 15.4 Å². The van der Waals surface area contributed by atoms with Crippen LogP contribution in [0.5, 0.6) is 5.75 Å². The predicted molar refractivity (Wildman–Crippen MR) is 101 cm³/mol. The van der Waals surface area contributed by atoms with E-state index in [4.69, 9.17) is 4.74 Å². The molecule has 0 aliphatic heterocycles. The molecule has 130 valence electrons. The molecule has 0 radical (unpaired) electrons. The maximum Gasteiger partial charge on any atom is 0.123 e. The molecule has 0 fully saturated rings. The fraction of sp³-hybridized carbons (Fsp3) is 0.412. The van der Waals surface area contributed by atoms with Crippen molar-refractivity contribution < 1.29 is 9.84 Å². The van der Waals surface area contributed by atoms with Crippen molar-refractivity contribution in [1.82, 2.24) is 10.6 Å². The van der Waals surface area contributed by atoms with Crippen LogP contribution in [0.4, 0.5) is 0 Å². The number of aliphatic hydroxyl groups is 1. The van der Waals surface area contributed by atoms with Crippen molar-refractivity contribution in [2.24, 2.45) is 0 Å². The monoisotopic (exact) mass is 360 g/mol. The summed E-state index contributed by atoms with van der Waals surface area (Å²) >= 11 is 0. The van der Waals surface area contributed by atoms with Gasteiger partial charge in [-0.3, -0.25) is 0 Å². The van der Waals surface area contributed by atoms with E-state index in [2.05, 4.69) is 34.9 Å². The number of nitrogens with one attached hydrogen (secondary N) is 2. The van der Waals surface area contributed by atoms with Crippen LogP contribution >= 0.6 is 24.8 Å². The third kappa shape index (κ3) is 6.53. The van der Waals surface area contributed by atoms with Crippen LogP contribution in [0.1, 0.15) is 12.5 Å². The molecular weight excluding hydrogens is 335 g/mol. The second-order valence-corrected chi connectivity index (χ2v) is 5.20. The molecule has 0 bridgehead atoms. The van der Waals surface area contributed by atoms with Gasteiger partial charge in [0.2, 0.25) is 0 Å². The minimum atomic E-state index is -0.303. The highest BCUT2D eigenvalue weighted by atomic mass is 35.5. The number of benzene rings is 2. The summed E-state index contributed by atoms with van der Waals surface area (Å²) in [4.78, 5) is 0. The lowest BCUT2D eigenvalue weighted by atomic mass is 10.0. The van der Waals surface area contributed by atoms with E-state index < -0.39 is 0 Å². The molecule has 2 rings (SSSR count). The molecular formula is C17H26Cl2N2O2. The maximum absolute atomic E-state index is 9.17. The molecule has 0 aliphatic carbocycles. The average Bonchev–Trinajstić information content (AvgIpc) is 2.50. The van der Waals surface area contributed by atoms with Gasteiger partial charge in [-0.15, -0.1) is 24.8 Å². The van der Waals surface area contributed by atoms with Crippen molar-refractivity contribution in [1.29, 1.82) is 0 Å². The summed E-state index contributed by atoms with van der Waals surface area (Å²) in [6.45, 7) is 4.85. The zero-order chi connectivity index (χ0) is 15.1. The summed E-state index contributed by atoms with van der Waals surface area (Å²) in [5.74, 6) is 0.915. The summed E-state index contributed by atoms with van der Waals surface area (Å²) in [6, 6.07) is 12.4. The van der Waals surface area contributed by atoms with Crippen molar-refractivity contribution in [2.75, 3.05) is 26.7 Å². The van der Waals surface area contributed by atoms with Crippen molar-refractivity contribution in [3.63, 3.8) is 0 Å². The third-order valence-corrected chi connectivity index (χ3v) is 3.44. The molecule has 0 saturated carbocycles. The quantitative estimate of drug-likeness (QED) is 0.633. The van der Waals surface area contributed by atoms with Gasteiger partial charge in [0.25, 0.3) is 0 Å². The zero-order valence-electron chi connectivity index (χ0n) is 13.5. The van der Waals surface area contributed by atoms with Gasteiger partial charge in [-0.1, -0.05) is 30.3 Å². The van der Waals surface area contributed by atoms with Gasteiger partial charge < -0.3 is 20.5 Å². The van der Waals surface area contributed by atoms with Gasteiger partial charge >= 0.3 is 0 Å². The van der Waals surface area contributed by atoms with Gasteiger partial charge in [0.1, 0.15) is 5.75 Å². The van der Waals surface area contributed by atoms with Crippen LogP contribution in [0.3, 0.4) is 0 Å². The van der Waals surface area contributed by atoms with E-state index in [1.807, 2.05) is 12.1 Å². The van der Waals surface area contributed by atoms with Gasteiger partial charge in [0.15, 0.2) is 0 Å². The van der Waals surface area contributed by atoms with Gasteiger partial charge in [-0.2, -0.15) is 0 Å². The van der Waals surface area contributed by atoms with Crippen molar-refractivity contribution in [2.45, 2.75) is 19.6 Å². The summed E-state index contributed by atoms with van der Waals surface area (Å²) in [5, 5.41) is 18.2. The van der Waals surface area contributed by atoms with Crippen molar-refractivity contribution in [3.8, 4) is 5.75 Å². The molecule has 1 unspecified atom stereocenters. The number of methoxy groups -OCH3 is 1. The molecule has 0 amide bonds. The first-order valence-corrected chi connectivity index (χ1v) is 7.36. The van der Waals surface area contributed by atoms with Gasteiger partial charge in [0.05, 0.1) is 13.2 Å². The Labute approximate surface area is 150 Å². The highest BCUT2D eigenvalue weighted by Crippen LogP contribution is 2.27. The Kier molecular flexibility index (Phi) is 11.0. The summed E-state index contributed by atoms with van der Waals surface area (Å²) in [6.07, 6.45) is -0.303. The van der Waals surface area contributed by atoms with Crippen LogP contribution in [0, 0.1) is 0 Å².